The van der Waals surface area contributed by atoms with Gasteiger partial charge in [0.2, 0.25) is 0 Å². The number of aliphatic hydroxyl groups excluding tert-OH is 2. The van der Waals surface area contributed by atoms with Crippen LogP contribution in [0.5, 0.6) is 0 Å². The average molecular weight is 505 g/mol. The summed E-state index contributed by atoms with van der Waals surface area (Å²) in [5.74, 6) is -0.951. The van der Waals surface area contributed by atoms with E-state index in [9.17, 15) is 15.0 Å². The fourth-order valence-electron chi connectivity index (χ4n) is 3.32. The smallest absolute Gasteiger partial charge is 0.272 e. The zero-order valence-electron chi connectivity index (χ0n) is 16.9. The van der Waals surface area contributed by atoms with Gasteiger partial charge in [0.15, 0.2) is 6.29 Å². The van der Waals surface area contributed by atoms with Crippen LogP contribution in [0.4, 0.5) is 0 Å². The van der Waals surface area contributed by atoms with Gasteiger partial charge in [0, 0.05) is 0 Å². The van der Waals surface area contributed by atoms with Crippen LogP contribution < -0.4 is 5.32 Å². The van der Waals surface area contributed by atoms with E-state index in [-0.39, 0.29) is 13.2 Å². The number of rotatable bonds is 8. The van der Waals surface area contributed by atoms with Crippen molar-refractivity contribution in [3.63, 3.8) is 0 Å². The van der Waals surface area contributed by atoms with Crippen molar-refractivity contribution in [3.05, 3.63) is 71.8 Å². The number of hydrogen-bond donors (Lipinski definition) is 3. The van der Waals surface area contributed by atoms with E-state index in [1.54, 1.807) is 0 Å². The minimum atomic E-state index is -2.25. The van der Waals surface area contributed by atoms with Crippen molar-refractivity contribution < 1.29 is 29.2 Å². The Morgan fingerprint density at radius 3 is 2.00 bits per heavy atom. The molecule has 1 fully saturated rings. The molecule has 0 saturated carbocycles. The first-order chi connectivity index (χ1) is 15.3. The Bertz CT molecular complexity index is 852. The molecule has 0 unspecified atom stereocenters. The Morgan fingerprint density at radius 2 is 1.50 bits per heavy atom. The molecule has 2 aromatic rings. The maximum atomic E-state index is 12.3. The average Bonchev–Trinajstić information content (AvgIpc) is 2.79. The fourth-order valence-corrected chi connectivity index (χ4v) is 3.48. The van der Waals surface area contributed by atoms with Crippen LogP contribution in [0.3, 0.4) is 0 Å². The lowest BCUT2D eigenvalue weighted by Gasteiger charge is -2.44. The van der Waals surface area contributed by atoms with Crippen molar-refractivity contribution in [1.29, 1.82) is 0 Å². The number of hydrogen-bond acceptors (Lipinski definition) is 6. The molecule has 1 saturated heterocycles. The molecule has 0 radical (unpaired) electrons. The third-order valence-corrected chi connectivity index (χ3v) is 5.47. The predicted molar refractivity (Wildman–Crippen MR) is 120 cm³/mol. The Hall–Kier alpha value is -1.42. The molecule has 1 heterocycles. The van der Waals surface area contributed by atoms with Crippen molar-refractivity contribution in [2.75, 3.05) is 6.61 Å². The van der Waals surface area contributed by atoms with Gasteiger partial charge in [-0.25, -0.2) is 0 Å². The summed E-state index contributed by atoms with van der Waals surface area (Å²) < 4.78 is 15.3. The molecular formula is C22H24Cl3NO6. The van der Waals surface area contributed by atoms with E-state index in [0.717, 1.165) is 11.1 Å². The number of alkyl halides is 3. The molecule has 0 spiro atoms. The fraction of sp³-hybridized carbons (Fsp3) is 0.409. The second-order valence-corrected chi connectivity index (χ2v) is 9.55. The highest BCUT2D eigenvalue weighted by Gasteiger charge is 2.48. The van der Waals surface area contributed by atoms with Crippen molar-refractivity contribution >= 4 is 40.7 Å². The lowest BCUT2D eigenvalue weighted by molar-refractivity contribution is -0.282. The molecule has 2 aromatic carbocycles. The van der Waals surface area contributed by atoms with Gasteiger partial charge < -0.3 is 29.7 Å². The second-order valence-electron chi connectivity index (χ2n) is 7.27. The molecule has 1 amide bonds. The first-order valence-corrected chi connectivity index (χ1v) is 11.1. The molecule has 0 aromatic heterocycles. The standard InChI is InChI=1S/C22H24Cl3NO6/c23-22(24,25)21(29)26-17-18(28)19(30-12-14-7-3-1-4-8-14)16(11-27)32-20(17)31-13-15-9-5-2-6-10-15/h1-10,16-20,27-28H,11-13H2,(H,26,29)/t16-,17-,18-,19+,20-/m1/s1. The summed E-state index contributed by atoms with van der Waals surface area (Å²) in [6.07, 6.45) is -4.33. The summed E-state index contributed by atoms with van der Waals surface area (Å²) in [6, 6.07) is 17.4. The minimum absolute atomic E-state index is 0.131. The summed E-state index contributed by atoms with van der Waals surface area (Å²) in [4.78, 5) is 12.3. The number of benzene rings is 2. The van der Waals surface area contributed by atoms with Gasteiger partial charge in [-0.2, -0.15) is 0 Å². The topological polar surface area (TPSA) is 97.3 Å². The van der Waals surface area contributed by atoms with Gasteiger partial charge in [0.25, 0.3) is 9.70 Å². The lowest BCUT2D eigenvalue weighted by atomic mass is 9.96. The van der Waals surface area contributed by atoms with Crippen molar-refractivity contribution in [2.24, 2.45) is 0 Å². The van der Waals surface area contributed by atoms with Crippen LogP contribution in [0.1, 0.15) is 11.1 Å². The van der Waals surface area contributed by atoms with E-state index >= 15 is 0 Å². The van der Waals surface area contributed by atoms with Gasteiger partial charge >= 0.3 is 0 Å². The highest BCUT2D eigenvalue weighted by molar-refractivity contribution is 6.76. The monoisotopic (exact) mass is 503 g/mol. The number of nitrogens with one attached hydrogen (secondary N) is 1. The minimum Gasteiger partial charge on any atom is -0.394 e. The van der Waals surface area contributed by atoms with Gasteiger partial charge in [0.1, 0.15) is 24.4 Å². The van der Waals surface area contributed by atoms with Gasteiger partial charge in [-0.1, -0.05) is 95.5 Å². The van der Waals surface area contributed by atoms with E-state index < -0.39 is 47.0 Å². The maximum absolute atomic E-state index is 12.3. The third-order valence-electron chi connectivity index (χ3n) is 4.95. The molecule has 3 N–H and O–H groups in total. The SMILES string of the molecule is O=C(N[C@H]1[C@H](OCc2ccccc2)O[C@H](CO)[C@H](OCc2ccccc2)[C@@H]1O)C(Cl)(Cl)Cl. The molecular weight excluding hydrogens is 481 g/mol. The van der Waals surface area contributed by atoms with Gasteiger partial charge in [-0.3, -0.25) is 4.79 Å². The van der Waals surface area contributed by atoms with E-state index in [1.807, 2.05) is 60.7 Å². The number of halogens is 3. The first-order valence-electron chi connectivity index (χ1n) is 9.92. The number of carbonyl (C=O) groups is 1. The highest BCUT2D eigenvalue weighted by atomic mass is 35.6. The molecule has 7 nitrogen and oxygen atoms in total. The molecule has 3 rings (SSSR count). The summed E-state index contributed by atoms with van der Waals surface area (Å²) in [6.45, 7) is -0.151. The van der Waals surface area contributed by atoms with Gasteiger partial charge in [-0.15, -0.1) is 0 Å². The number of carbonyl (C=O) groups excluding carboxylic acids is 1. The van der Waals surface area contributed by atoms with Crippen LogP contribution in [0, 0.1) is 0 Å². The van der Waals surface area contributed by atoms with E-state index in [4.69, 9.17) is 49.0 Å². The molecule has 10 heteroatoms. The predicted octanol–water partition coefficient (Wildman–Crippen LogP) is 2.72. The molecule has 0 aliphatic carbocycles. The quantitative estimate of drug-likeness (QED) is 0.478. The maximum Gasteiger partial charge on any atom is 0.272 e. The summed E-state index contributed by atoms with van der Waals surface area (Å²) in [5.41, 5.74) is 1.71. The van der Waals surface area contributed by atoms with E-state index in [0.29, 0.717) is 0 Å². The molecule has 32 heavy (non-hydrogen) atoms. The van der Waals surface area contributed by atoms with Crippen LogP contribution in [0.15, 0.2) is 60.7 Å². The van der Waals surface area contributed by atoms with Crippen LogP contribution in [0.2, 0.25) is 0 Å². The number of amides is 1. The van der Waals surface area contributed by atoms with Gasteiger partial charge in [-0.05, 0) is 11.1 Å². The van der Waals surface area contributed by atoms with Crippen molar-refractivity contribution in [3.8, 4) is 0 Å². The largest absolute Gasteiger partial charge is 0.394 e. The van der Waals surface area contributed by atoms with Crippen LogP contribution in [0.25, 0.3) is 0 Å². The normalized spacial score (nSPS) is 26.0. The third kappa shape index (κ3) is 6.79. The van der Waals surface area contributed by atoms with Crippen LogP contribution in [-0.4, -0.2) is 57.2 Å². The summed E-state index contributed by atoms with van der Waals surface area (Å²) in [5, 5.41) is 23.4. The van der Waals surface area contributed by atoms with Crippen molar-refractivity contribution in [1.82, 2.24) is 5.32 Å². The number of ether oxygens (including phenoxy) is 3. The van der Waals surface area contributed by atoms with Gasteiger partial charge in [0.05, 0.1) is 19.8 Å². The molecule has 1 aliphatic heterocycles. The van der Waals surface area contributed by atoms with Crippen molar-refractivity contribution in [2.45, 2.75) is 47.7 Å². The zero-order valence-corrected chi connectivity index (χ0v) is 19.2. The van der Waals surface area contributed by atoms with E-state index in [1.165, 1.54) is 0 Å². The van der Waals surface area contributed by atoms with Crippen LogP contribution in [-0.2, 0) is 32.2 Å². The Labute approximate surface area is 201 Å². The molecule has 0 bridgehead atoms. The second kappa shape index (κ2) is 11.6. The summed E-state index contributed by atoms with van der Waals surface area (Å²) >= 11 is 17.1. The number of aliphatic hydroxyl groups is 2. The molecule has 1 aliphatic rings. The van der Waals surface area contributed by atoms with E-state index in [2.05, 4.69) is 5.32 Å². The Morgan fingerprint density at radius 1 is 0.969 bits per heavy atom. The Kier molecular flexibility index (Phi) is 9.16. The first kappa shape index (κ1) is 25.2. The summed E-state index contributed by atoms with van der Waals surface area (Å²) in [7, 11) is 0. The van der Waals surface area contributed by atoms with Crippen LogP contribution >= 0.6 is 34.8 Å². The molecule has 174 valence electrons. The lowest BCUT2D eigenvalue weighted by Crippen LogP contribution is -2.66. The Balaban J connectivity index is 1.77. The molecule has 5 atom stereocenters. The zero-order chi connectivity index (χ0) is 23.1. The highest BCUT2D eigenvalue weighted by Crippen LogP contribution is 2.30.